The molecule has 4 aromatic rings. The number of benzene rings is 1. The third kappa shape index (κ3) is 4.26. The highest BCUT2D eigenvalue weighted by atomic mass is 16.2. The van der Waals surface area contributed by atoms with Crippen molar-refractivity contribution < 1.29 is 4.79 Å². The normalized spacial score (nSPS) is 11.4. The van der Waals surface area contributed by atoms with Gasteiger partial charge in [-0.2, -0.15) is 0 Å². The quantitative estimate of drug-likeness (QED) is 0.458. The van der Waals surface area contributed by atoms with Crippen molar-refractivity contribution in [2.24, 2.45) is 0 Å². The van der Waals surface area contributed by atoms with Crippen LogP contribution in [0.1, 0.15) is 12.0 Å². The zero-order valence-corrected chi connectivity index (χ0v) is 17.0. The molecule has 0 aliphatic rings. The third-order valence-electron chi connectivity index (χ3n) is 5.13. The highest BCUT2D eigenvalue weighted by Crippen LogP contribution is 2.12. The molecule has 1 aromatic carbocycles. The Balaban J connectivity index is 1.36. The SMILES string of the molecule is CN(CCCNC(=O)Cn1c(=O)c2cccn2c2cccnc21)Cc1ccccc1. The molecule has 0 atom stereocenters. The molecule has 0 fully saturated rings. The molecule has 4 rings (SSSR count). The molecule has 30 heavy (non-hydrogen) atoms. The Hall–Kier alpha value is -3.45. The fourth-order valence-electron chi connectivity index (χ4n) is 3.68. The van der Waals surface area contributed by atoms with E-state index < -0.39 is 0 Å². The minimum atomic E-state index is -0.219. The molecule has 7 nitrogen and oxygen atoms in total. The predicted octanol–water partition coefficient (Wildman–Crippen LogP) is 2.29. The van der Waals surface area contributed by atoms with Crippen molar-refractivity contribution >= 4 is 22.6 Å². The van der Waals surface area contributed by atoms with Gasteiger partial charge in [-0.05, 0) is 49.8 Å². The molecule has 7 heteroatoms. The summed E-state index contributed by atoms with van der Waals surface area (Å²) >= 11 is 0. The molecule has 0 saturated carbocycles. The maximum absolute atomic E-state index is 12.8. The Morgan fingerprint density at radius 2 is 1.87 bits per heavy atom. The number of rotatable bonds is 8. The van der Waals surface area contributed by atoms with Gasteiger partial charge < -0.3 is 14.6 Å². The van der Waals surface area contributed by atoms with E-state index >= 15 is 0 Å². The van der Waals surface area contributed by atoms with Crippen LogP contribution < -0.4 is 10.9 Å². The summed E-state index contributed by atoms with van der Waals surface area (Å²) in [7, 11) is 2.07. The van der Waals surface area contributed by atoms with Crippen molar-refractivity contribution in [1.82, 2.24) is 24.2 Å². The number of carbonyl (C=O) groups is 1. The summed E-state index contributed by atoms with van der Waals surface area (Å²) in [4.78, 5) is 31.9. The highest BCUT2D eigenvalue weighted by molar-refractivity contribution is 5.80. The minimum Gasteiger partial charge on any atom is -0.354 e. The first kappa shape index (κ1) is 19.8. The van der Waals surface area contributed by atoms with E-state index in [2.05, 4.69) is 34.4 Å². The zero-order chi connectivity index (χ0) is 20.9. The predicted molar refractivity (Wildman–Crippen MR) is 117 cm³/mol. The number of carbonyl (C=O) groups excluding carboxylic acids is 1. The van der Waals surface area contributed by atoms with Gasteiger partial charge in [0.1, 0.15) is 12.1 Å². The second-order valence-corrected chi connectivity index (χ2v) is 7.43. The van der Waals surface area contributed by atoms with E-state index in [-0.39, 0.29) is 18.0 Å². The molecule has 0 spiro atoms. The molecule has 1 N–H and O–H groups in total. The molecule has 3 heterocycles. The van der Waals surface area contributed by atoms with Gasteiger partial charge in [0.25, 0.3) is 5.56 Å². The van der Waals surface area contributed by atoms with Crippen molar-refractivity contribution in [2.45, 2.75) is 19.5 Å². The molecular weight excluding hydrogens is 378 g/mol. The van der Waals surface area contributed by atoms with Gasteiger partial charge in [0.05, 0.1) is 5.52 Å². The van der Waals surface area contributed by atoms with Gasteiger partial charge in [-0.1, -0.05) is 30.3 Å². The number of hydrogen-bond donors (Lipinski definition) is 1. The average molecular weight is 403 g/mol. The van der Waals surface area contributed by atoms with Crippen LogP contribution in [0.3, 0.4) is 0 Å². The van der Waals surface area contributed by atoms with E-state index in [0.717, 1.165) is 25.0 Å². The summed E-state index contributed by atoms with van der Waals surface area (Å²) in [5, 5.41) is 2.92. The number of hydrogen-bond acceptors (Lipinski definition) is 4. The van der Waals surface area contributed by atoms with E-state index in [1.54, 1.807) is 12.3 Å². The third-order valence-corrected chi connectivity index (χ3v) is 5.13. The number of amides is 1. The number of nitrogens with zero attached hydrogens (tertiary/aromatic N) is 4. The number of aromatic nitrogens is 3. The summed E-state index contributed by atoms with van der Waals surface area (Å²) in [6.07, 6.45) is 4.30. The summed E-state index contributed by atoms with van der Waals surface area (Å²) < 4.78 is 3.25. The summed E-state index contributed by atoms with van der Waals surface area (Å²) in [6.45, 7) is 2.26. The topological polar surface area (TPSA) is 71.6 Å². The molecule has 0 unspecified atom stereocenters. The number of nitrogens with one attached hydrogen (secondary N) is 1. The molecule has 0 aliphatic carbocycles. The minimum absolute atomic E-state index is 0.0477. The van der Waals surface area contributed by atoms with Crippen LogP contribution in [0.25, 0.3) is 16.7 Å². The lowest BCUT2D eigenvalue weighted by molar-refractivity contribution is -0.121. The van der Waals surface area contributed by atoms with Crippen LogP contribution in [-0.2, 0) is 17.9 Å². The zero-order valence-electron chi connectivity index (χ0n) is 17.0. The second kappa shape index (κ2) is 8.92. The van der Waals surface area contributed by atoms with Gasteiger partial charge in [-0.25, -0.2) is 4.98 Å². The first-order chi connectivity index (χ1) is 14.6. The van der Waals surface area contributed by atoms with E-state index in [0.29, 0.717) is 17.7 Å². The smallest absolute Gasteiger partial charge is 0.276 e. The monoisotopic (exact) mass is 403 g/mol. The van der Waals surface area contributed by atoms with Gasteiger partial charge in [0.2, 0.25) is 5.91 Å². The van der Waals surface area contributed by atoms with E-state index in [1.165, 1.54) is 10.1 Å². The Morgan fingerprint density at radius 1 is 1.07 bits per heavy atom. The van der Waals surface area contributed by atoms with Crippen molar-refractivity contribution in [3.63, 3.8) is 0 Å². The van der Waals surface area contributed by atoms with E-state index in [4.69, 9.17) is 0 Å². The first-order valence-electron chi connectivity index (χ1n) is 10.1. The maximum atomic E-state index is 12.8. The van der Waals surface area contributed by atoms with E-state index in [1.807, 2.05) is 47.0 Å². The lowest BCUT2D eigenvalue weighted by atomic mass is 10.2. The second-order valence-electron chi connectivity index (χ2n) is 7.43. The summed E-state index contributed by atoms with van der Waals surface area (Å²) in [5.41, 5.74) is 2.88. The highest BCUT2D eigenvalue weighted by Gasteiger charge is 2.13. The lowest BCUT2D eigenvalue weighted by Crippen LogP contribution is -2.34. The van der Waals surface area contributed by atoms with Crippen molar-refractivity contribution in [2.75, 3.05) is 20.1 Å². The maximum Gasteiger partial charge on any atom is 0.276 e. The van der Waals surface area contributed by atoms with Gasteiger partial charge in [-0.3, -0.25) is 14.2 Å². The Kier molecular flexibility index (Phi) is 5.90. The summed E-state index contributed by atoms with van der Waals surface area (Å²) in [6, 6.07) is 17.6. The Morgan fingerprint density at radius 3 is 2.70 bits per heavy atom. The fraction of sp³-hybridized carbons (Fsp3) is 0.261. The van der Waals surface area contributed by atoms with Crippen LogP contribution in [0.5, 0.6) is 0 Å². The standard InChI is InChI=1S/C23H25N5O2/c1-26(16-18-8-3-2-4-9-18)14-7-13-24-21(29)17-28-22-19(10-5-12-25-22)27-15-6-11-20(27)23(28)30/h2-6,8-12,15H,7,13-14,16-17H2,1H3,(H,24,29). The van der Waals surface area contributed by atoms with Crippen molar-refractivity contribution in [1.29, 1.82) is 0 Å². The molecule has 1 amide bonds. The molecule has 3 aromatic heterocycles. The molecule has 0 bridgehead atoms. The largest absolute Gasteiger partial charge is 0.354 e. The van der Waals surface area contributed by atoms with Gasteiger partial charge in [0, 0.05) is 25.5 Å². The molecular formula is C23H25N5O2. The Labute approximate surface area is 174 Å². The van der Waals surface area contributed by atoms with Gasteiger partial charge in [0.15, 0.2) is 5.65 Å². The van der Waals surface area contributed by atoms with Crippen LogP contribution in [0, 0.1) is 0 Å². The van der Waals surface area contributed by atoms with Crippen LogP contribution >= 0.6 is 0 Å². The molecule has 0 radical (unpaired) electrons. The average Bonchev–Trinajstić information content (AvgIpc) is 3.25. The lowest BCUT2D eigenvalue weighted by Gasteiger charge is -2.17. The van der Waals surface area contributed by atoms with E-state index in [9.17, 15) is 9.59 Å². The molecule has 154 valence electrons. The molecule has 0 aliphatic heterocycles. The van der Waals surface area contributed by atoms with Crippen LogP contribution in [-0.4, -0.2) is 44.9 Å². The molecule has 0 saturated heterocycles. The number of pyridine rings is 1. The first-order valence-corrected chi connectivity index (χ1v) is 10.1. The fourth-order valence-corrected chi connectivity index (χ4v) is 3.68. The number of fused-ring (bicyclic) bond motifs is 3. The summed E-state index contributed by atoms with van der Waals surface area (Å²) in [5.74, 6) is -0.189. The van der Waals surface area contributed by atoms with Crippen LogP contribution in [0.15, 0.2) is 71.8 Å². The Bertz CT molecular complexity index is 1210. The van der Waals surface area contributed by atoms with Gasteiger partial charge in [-0.15, -0.1) is 0 Å². The van der Waals surface area contributed by atoms with Crippen LogP contribution in [0.2, 0.25) is 0 Å². The van der Waals surface area contributed by atoms with Crippen LogP contribution in [0.4, 0.5) is 0 Å². The van der Waals surface area contributed by atoms with Crippen molar-refractivity contribution in [3.8, 4) is 0 Å². The van der Waals surface area contributed by atoms with Gasteiger partial charge >= 0.3 is 0 Å². The van der Waals surface area contributed by atoms with Crippen molar-refractivity contribution in [3.05, 3.63) is 82.9 Å².